The van der Waals surface area contributed by atoms with Crippen molar-refractivity contribution in [1.82, 2.24) is 5.32 Å². The second-order valence-corrected chi connectivity index (χ2v) is 5.41. The standard InChI is InChI=1S/C19H22N2O3/c1-3-24-17-12-8-7-11-16(17)21-19(23)18(22)20-13-14(2)15-9-5-4-6-10-15/h4-12,14H,3,13H2,1-2H3,(H,20,22)(H,21,23)/t14-/m0/s1. The topological polar surface area (TPSA) is 67.4 Å². The van der Waals surface area contributed by atoms with E-state index in [1.807, 2.05) is 50.2 Å². The van der Waals surface area contributed by atoms with Gasteiger partial charge in [0.25, 0.3) is 0 Å². The molecular formula is C19H22N2O3. The molecule has 0 fully saturated rings. The van der Waals surface area contributed by atoms with Gasteiger partial charge in [0.05, 0.1) is 12.3 Å². The van der Waals surface area contributed by atoms with Crippen LogP contribution in [0, 0.1) is 0 Å². The van der Waals surface area contributed by atoms with Gasteiger partial charge in [0.2, 0.25) is 0 Å². The smallest absolute Gasteiger partial charge is 0.313 e. The molecule has 5 nitrogen and oxygen atoms in total. The third-order valence-electron chi connectivity index (χ3n) is 3.58. The van der Waals surface area contributed by atoms with Crippen LogP contribution in [0.5, 0.6) is 5.75 Å². The minimum Gasteiger partial charge on any atom is -0.492 e. The van der Waals surface area contributed by atoms with E-state index >= 15 is 0 Å². The highest BCUT2D eigenvalue weighted by atomic mass is 16.5. The number of carbonyl (C=O) groups excluding carboxylic acids is 2. The van der Waals surface area contributed by atoms with Crippen LogP contribution < -0.4 is 15.4 Å². The van der Waals surface area contributed by atoms with E-state index in [9.17, 15) is 9.59 Å². The van der Waals surface area contributed by atoms with E-state index < -0.39 is 11.8 Å². The molecule has 2 N–H and O–H groups in total. The van der Waals surface area contributed by atoms with E-state index in [-0.39, 0.29) is 5.92 Å². The van der Waals surface area contributed by atoms with Crippen LogP contribution in [0.3, 0.4) is 0 Å². The number of anilines is 1. The second-order valence-electron chi connectivity index (χ2n) is 5.41. The zero-order valence-electron chi connectivity index (χ0n) is 13.9. The van der Waals surface area contributed by atoms with Crippen LogP contribution >= 0.6 is 0 Å². The Morgan fingerprint density at radius 2 is 1.67 bits per heavy atom. The van der Waals surface area contributed by atoms with Gasteiger partial charge in [0.1, 0.15) is 5.75 Å². The van der Waals surface area contributed by atoms with E-state index in [1.54, 1.807) is 18.2 Å². The third kappa shape index (κ3) is 4.84. The molecule has 0 aromatic heterocycles. The van der Waals surface area contributed by atoms with Crippen LogP contribution in [0.15, 0.2) is 54.6 Å². The molecule has 0 saturated heterocycles. The molecule has 0 aliphatic heterocycles. The summed E-state index contributed by atoms with van der Waals surface area (Å²) in [6.07, 6.45) is 0. The largest absolute Gasteiger partial charge is 0.492 e. The van der Waals surface area contributed by atoms with Gasteiger partial charge in [-0.2, -0.15) is 0 Å². The van der Waals surface area contributed by atoms with Crippen molar-refractivity contribution in [1.29, 1.82) is 0 Å². The van der Waals surface area contributed by atoms with Crippen molar-refractivity contribution in [2.45, 2.75) is 19.8 Å². The summed E-state index contributed by atoms with van der Waals surface area (Å²) in [6, 6.07) is 16.9. The van der Waals surface area contributed by atoms with Crippen LogP contribution in [-0.4, -0.2) is 25.0 Å². The van der Waals surface area contributed by atoms with Crippen molar-refractivity contribution >= 4 is 17.5 Å². The SMILES string of the molecule is CCOc1ccccc1NC(=O)C(=O)NC[C@H](C)c1ccccc1. The fourth-order valence-corrected chi connectivity index (χ4v) is 2.26. The van der Waals surface area contributed by atoms with Gasteiger partial charge in [0.15, 0.2) is 0 Å². The summed E-state index contributed by atoms with van der Waals surface area (Å²) in [7, 11) is 0. The summed E-state index contributed by atoms with van der Waals surface area (Å²) in [5, 5.41) is 5.24. The molecule has 0 bridgehead atoms. The Kier molecular flexibility index (Phi) is 6.37. The monoisotopic (exact) mass is 326 g/mol. The van der Waals surface area contributed by atoms with Crippen LogP contribution in [0.1, 0.15) is 25.3 Å². The van der Waals surface area contributed by atoms with Gasteiger partial charge in [-0.15, -0.1) is 0 Å². The number of amides is 2. The highest BCUT2D eigenvalue weighted by Gasteiger charge is 2.16. The average Bonchev–Trinajstić information content (AvgIpc) is 2.62. The minimum absolute atomic E-state index is 0.124. The molecule has 2 aromatic carbocycles. The molecule has 0 spiro atoms. The first kappa shape index (κ1) is 17.5. The highest BCUT2D eigenvalue weighted by molar-refractivity contribution is 6.39. The lowest BCUT2D eigenvalue weighted by atomic mass is 10.0. The van der Waals surface area contributed by atoms with Crippen molar-refractivity contribution in [2.24, 2.45) is 0 Å². The number of para-hydroxylation sites is 2. The van der Waals surface area contributed by atoms with Gasteiger partial charge in [-0.25, -0.2) is 0 Å². The first-order valence-electron chi connectivity index (χ1n) is 7.97. The molecule has 2 aromatic rings. The number of ether oxygens (including phenoxy) is 1. The lowest BCUT2D eigenvalue weighted by Crippen LogP contribution is -2.37. The Balaban J connectivity index is 1.90. The average molecular weight is 326 g/mol. The summed E-state index contributed by atoms with van der Waals surface area (Å²) < 4.78 is 5.43. The quantitative estimate of drug-likeness (QED) is 0.802. The predicted molar refractivity (Wildman–Crippen MR) is 94.1 cm³/mol. The number of benzene rings is 2. The summed E-state index contributed by atoms with van der Waals surface area (Å²) >= 11 is 0. The molecule has 0 aliphatic carbocycles. The van der Waals surface area contributed by atoms with Gasteiger partial charge < -0.3 is 15.4 Å². The molecule has 0 radical (unpaired) electrons. The maximum atomic E-state index is 12.0. The fourth-order valence-electron chi connectivity index (χ4n) is 2.26. The molecule has 0 saturated carbocycles. The third-order valence-corrected chi connectivity index (χ3v) is 3.58. The highest BCUT2D eigenvalue weighted by Crippen LogP contribution is 2.23. The van der Waals surface area contributed by atoms with Crippen molar-refractivity contribution < 1.29 is 14.3 Å². The van der Waals surface area contributed by atoms with E-state index in [2.05, 4.69) is 10.6 Å². The zero-order valence-corrected chi connectivity index (χ0v) is 13.9. The van der Waals surface area contributed by atoms with Crippen LogP contribution in [0.25, 0.3) is 0 Å². The first-order valence-corrected chi connectivity index (χ1v) is 7.97. The maximum absolute atomic E-state index is 12.0. The van der Waals surface area contributed by atoms with E-state index in [0.717, 1.165) is 5.56 Å². The first-order chi connectivity index (χ1) is 11.6. The number of hydrogen-bond donors (Lipinski definition) is 2. The minimum atomic E-state index is -0.706. The number of hydrogen-bond acceptors (Lipinski definition) is 3. The molecule has 5 heteroatoms. The van der Waals surface area contributed by atoms with Crippen molar-refractivity contribution in [2.75, 3.05) is 18.5 Å². The van der Waals surface area contributed by atoms with Crippen LogP contribution in [0.2, 0.25) is 0 Å². The van der Waals surface area contributed by atoms with E-state index in [0.29, 0.717) is 24.6 Å². The van der Waals surface area contributed by atoms with E-state index in [1.165, 1.54) is 0 Å². The Morgan fingerprint density at radius 3 is 2.38 bits per heavy atom. The van der Waals surface area contributed by atoms with Crippen LogP contribution in [0.4, 0.5) is 5.69 Å². The Bertz CT molecular complexity index is 686. The summed E-state index contributed by atoms with van der Waals surface area (Å²) in [5.74, 6) is -0.705. The molecule has 0 heterocycles. The summed E-state index contributed by atoms with van der Waals surface area (Å²) in [4.78, 5) is 24.0. The number of nitrogens with one attached hydrogen (secondary N) is 2. The zero-order chi connectivity index (χ0) is 17.4. The molecule has 24 heavy (non-hydrogen) atoms. The molecule has 0 aliphatic rings. The molecule has 2 amide bonds. The predicted octanol–water partition coefficient (Wildman–Crippen LogP) is 2.94. The second kappa shape index (κ2) is 8.72. The van der Waals surface area contributed by atoms with Crippen molar-refractivity contribution in [3.63, 3.8) is 0 Å². The van der Waals surface area contributed by atoms with E-state index in [4.69, 9.17) is 4.74 Å². The molecule has 126 valence electrons. The molecule has 2 rings (SSSR count). The van der Waals surface area contributed by atoms with Gasteiger partial charge >= 0.3 is 11.8 Å². The van der Waals surface area contributed by atoms with Gasteiger partial charge in [0, 0.05) is 6.54 Å². The van der Waals surface area contributed by atoms with Crippen molar-refractivity contribution in [3.8, 4) is 5.75 Å². The van der Waals surface area contributed by atoms with Gasteiger partial charge in [-0.1, -0.05) is 49.4 Å². The van der Waals surface area contributed by atoms with Crippen molar-refractivity contribution in [3.05, 3.63) is 60.2 Å². The Labute approximate surface area is 142 Å². The molecule has 0 unspecified atom stereocenters. The molecule has 1 atom stereocenters. The maximum Gasteiger partial charge on any atom is 0.313 e. The Morgan fingerprint density at radius 1 is 1.00 bits per heavy atom. The molecular weight excluding hydrogens is 304 g/mol. The fraction of sp³-hybridized carbons (Fsp3) is 0.263. The normalized spacial score (nSPS) is 11.4. The Hall–Kier alpha value is -2.82. The number of carbonyl (C=O) groups is 2. The van der Waals surface area contributed by atoms with Gasteiger partial charge in [-0.05, 0) is 30.5 Å². The van der Waals surface area contributed by atoms with Gasteiger partial charge in [-0.3, -0.25) is 9.59 Å². The number of rotatable bonds is 6. The summed E-state index contributed by atoms with van der Waals surface area (Å²) in [5.41, 5.74) is 1.59. The summed E-state index contributed by atoms with van der Waals surface area (Å²) in [6.45, 7) is 4.73. The van der Waals surface area contributed by atoms with Crippen LogP contribution in [-0.2, 0) is 9.59 Å². The lowest BCUT2D eigenvalue weighted by Gasteiger charge is -2.14. The lowest BCUT2D eigenvalue weighted by molar-refractivity contribution is -0.136.